The van der Waals surface area contributed by atoms with E-state index in [-0.39, 0.29) is 11.3 Å². The standard InChI is InChI=1S/C14H9N5O3S/c20-9-10-6-7-13(12(8-10)19(21)22)23-14-15-16-17-18(14)11-4-2-1-3-5-11/h1-9H. The fourth-order valence-electron chi connectivity index (χ4n) is 1.91. The number of nitro benzene ring substituents is 1. The van der Waals surface area contributed by atoms with Crippen LogP contribution in [0.15, 0.2) is 58.6 Å². The van der Waals surface area contributed by atoms with Crippen LogP contribution in [-0.2, 0) is 0 Å². The summed E-state index contributed by atoms with van der Waals surface area (Å²) in [5.41, 5.74) is 0.818. The maximum Gasteiger partial charge on any atom is 0.284 e. The van der Waals surface area contributed by atoms with Crippen LogP contribution < -0.4 is 0 Å². The third-order valence-corrected chi connectivity index (χ3v) is 3.96. The SMILES string of the molecule is O=Cc1ccc(Sc2nnnn2-c2ccccc2)c([N+](=O)[O-])c1. The van der Waals surface area contributed by atoms with Gasteiger partial charge in [-0.25, -0.2) is 0 Å². The van der Waals surface area contributed by atoms with Gasteiger partial charge in [0, 0.05) is 11.6 Å². The third-order valence-electron chi connectivity index (χ3n) is 2.96. The van der Waals surface area contributed by atoms with E-state index >= 15 is 0 Å². The summed E-state index contributed by atoms with van der Waals surface area (Å²) in [5.74, 6) is 0. The topological polar surface area (TPSA) is 104 Å². The summed E-state index contributed by atoms with van der Waals surface area (Å²) in [6.07, 6.45) is 0.565. The van der Waals surface area contributed by atoms with E-state index in [1.807, 2.05) is 30.3 Å². The number of aromatic nitrogens is 4. The van der Waals surface area contributed by atoms with Gasteiger partial charge in [0.05, 0.1) is 15.5 Å². The Kier molecular flexibility index (Phi) is 4.11. The van der Waals surface area contributed by atoms with E-state index in [0.29, 0.717) is 16.3 Å². The van der Waals surface area contributed by atoms with Gasteiger partial charge in [-0.15, -0.1) is 5.10 Å². The molecule has 0 amide bonds. The number of hydrogen-bond acceptors (Lipinski definition) is 7. The summed E-state index contributed by atoms with van der Waals surface area (Å²) in [6.45, 7) is 0. The summed E-state index contributed by atoms with van der Waals surface area (Å²) < 4.78 is 1.49. The van der Waals surface area contributed by atoms with Crippen molar-refractivity contribution in [2.24, 2.45) is 0 Å². The Morgan fingerprint density at radius 3 is 2.65 bits per heavy atom. The molecule has 0 bridgehead atoms. The van der Waals surface area contributed by atoms with Crippen LogP contribution in [0.2, 0.25) is 0 Å². The molecule has 0 radical (unpaired) electrons. The molecule has 23 heavy (non-hydrogen) atoms. The fourth-order valence-corrected chi connectivity index (χ4v) is 2.79. The van der Waals surface area contributed by atoms with Gasteiger partial charge in [-0.1, -0.05) is 24.3 Å². The first kappa shape index (κ1) is 14.9. The summed E-state index contributed by atoms with van der Waals surface area (Å²) in [5, 5.41) is 23.0. The molecule has 3 rings (SSSR count). The smallest absolute Gasteiger partial charge is 0.284 e. The number of para-hydroxylation sites is 1. The van der Waals surface area contributed by atoms with Crippen molar-refractivity contribution in [3.63, 3.8) is 0 Å². The summed E-state index contributed by atoms with van der Waals surface area (Å²) >= 11 is 1.06. The van der Waals surface area contributed by atoms with Crippen molar-refractivity contribution in [1.82, 2.24) is 20.2 Å². The Morgan fingerprint density at radius 1 is 1.17 bits per heavy atom. The van der Waals surface area contributed by atoms with Crippen LogP contribution >= 0.6 is 11.8 Å². The predicted octanol–water partition coefficient (Wildman–Crippen LogP) is 2.53. The second-order valence-electron chi connectivity index (χ2n) is 4.41. The monoisotopic (exact) mass is 327 g/mol. The highest BCUT2D eigenvalue weighted by molar-refractivity contribution is 7.99. The van der Waals surface area contributed by atoms with Crippen LogP contribution in [-0.4, -0.2) is 31.4 Å². The molecule has 8 nitrogen and oxygen atoms in total. The molecular formula is C14H9N5O3S. The Bertz CT molecular complexity index is 866. The lowest BCUT2D eigenvalue weighted by molar-refractivity contribution is -0.387. The first-order valence-electron chi connectivity index (χ1n) is 6.44. The number of rotatable bonds is 5. The first-order chi connectivity index (χ1) is 11.2. The number of benzene rings is 2. The minimum Gasteiger partial charge on any atom is -0.298 e. The van der Waals surface area contributed by atoms with Crippen LogP contribution in [0.3, 0.4) is 0 Å². The van der Waals surface area contributed by atoms with Gasteiger partial charge in [-0.05, 0) is 40.4 Å². The van der Waals surface area contributed by atoms with E-state index < -0.39 is 4.92 Å². The molecule has 1 aromatic heterocycles. The minimum absolute atomic E-state index is 0.165. The Labute approximate surface area is 134 Å². The molecule has 0 spiro atoms. The second kappa shape index (κ2) is 6.36. The van der Waals surface area contributed by atoms with E-state index in [1.54, 1.807) is 0 Å². The maximum absolute atomic E-state index is 11.2. The minimum atomic E-state index is -0.536. The van der Waals surface area contributed by atoms with E-state index in [0.717, 1.165) is 17.4 Å². The lowest BCUT2D eigenvalue weighted by atomic mass is 10.2. The Hall–Kier alpha value is -3.07. The average Bonchev–Trinajstić information content (AvgIpc) is 3.04. The van der Waals surface area contributed by atoms with Gasteiger partial charge < -0.3 is 0 Å². The van der Waals surface area contributed by atoms with E-state index in [4.69, 9.17) is 0 Å². The molecule has 0 aliphatic heterocycles. The summed E-state index contributed by atoms with van der Waals surface area (Å²) in [7, 11) is 0. The largest absolute Gasteiger partial charge is 0.298 e. The van der Waals surface area contributed by atoms with Gasteiger partial charge in [0.2, 0.25) is 5.16 Å². The molecule has 0 atom stereocenters. The molecule has 0 aliphatic rings. The predicted molar refractivity (Wildman–Crippen MR) is 81.8 cm³/mol. The van der Waals surface area contributed by atoms with Gasteiger partial charge >= 0.3 is 0 Å². The molecule has 0 fully saturated rings. The molecule has 0 saturated heterocycles. The van der Waals surface area contributed by atoms with Crippen molar-refractivity contribution in [3.8, 4) is 5.69 Å². The Balaban J connectivity index is 1.99. The number of nitro groups is 1. The van der Waals surface area contributed by atoms with Crippen molar-refractivity contribution in [2.75, 3.05) is 0 Å². The molecule has 0 aliphatic carbocycles. The van der Waals surface area contributed by atoms with Gasteiger partial charge in [-0.3, -0.25) is 14.9 Å². The molecule has 2 aromatic carbocycles. The highest BCUT2D eigenvalue weighted by Crippen LogP contribution is 2.34. The van der Waals surface area contributed by atoms with Gasteiger partial charge in [-0.2, -0.15) is 4.68 Å². The summed E-state index contributed by atoms with van der Waals surface area (Å²) in [4.78, 5) is 21.8. The molecule has 0 unspecified atom stereocenters. The normalized spacial score (nSPS) is 10.4. The maximum atomic E-state index is 11.2. The number of hydrogen-bond donors (Lipinski definition) is 0. The van der Waals surface area contributed by atoms with Crippen LogP contribution in [0.1, 0.15) is 10.4 Å². The van der Waals surface area contributed by atoms with Crippen molar-refractivity contribution < 1.29 is 9.72 Å². The van der Waals surface area contributed by atoms with Gasteiger partial charge in [0.15, 0.2) is 0 Å². The molecule has 3 aromatic rings. The molecule has 0 N–H and O–H groups in total. The number of tetrazole rings is 1. The molecule has 9 heteroatoms. The molecule has 1 heterocycles. The highest BCUT2D eigenvalue weighted by atomic mass is 32.2. The van der Waals surface area contributed by atoms with Gasteiger partial charge in [0.25, 0.3) is 5.69 Å². The van der Waals surface area contributed by atoms with Crippen molar-refractivity contribution in [3.05, 3.63) is 64.2 Å². The van der Waals surface area contributed by atoms with Crippen molar-refractivity contribution in [2.45, 2.75) is 10.1 Å². The fraction of sp³-hybridized carbons (Fsp3) is 0. The van der Waals surface area contributed by atoms with E-state index in [2.05, 4.69) is 15.5 Å². The zero-order chi connectivity index (χ0) is 16.2. The quantitative estimate of drug-likeness (QED) is 0.403. The Morgan fingerprint density at radius 2 is 1.96 bits per heavy atom. The lowest BCUT2D eigenvalue weighted by Crippen LogP contribution is -1.99. The average molecular weight is 327 g/mol. The first-order valence-corrected chi connectivity index (χ1v) is 7.26. The second-order valence-corrected chi connectivity index (χ2v) is 5.42. The van der Waals surface area contributed by atoms with Gasteiger partial charge in [0.1, 0.15) is 6.29 Å². The zero-order valence-corrected chi connectivity index (χ0v) is 12.4. The summed E-state index contributed by atoms with van der Waals surface area (Å²) in [6, 6.07) is 13.4. The van der Waals surface area contributed by atoms with Crippen LogP contribution in [0.4, 0.5) is 5.69 Å². The number of carbonyl (C=O) groups excluding carboxylic acids is 1. The number of nitrogens with zero attached hydrogens (tertiary/aromatic N) is 5. The molecule has 0 saturated carbocycles. The lowest BCUT2D eigenvalue weighted by Gasteiger charge is -2.05. The van der Waals surface area contributed by atoms with Crippen molar-refractivity contribution >= 4 is 23.7 Å². The highest BCUT2D eigenvalue weighted by Gasteiger charge is 2.19. The van der Waals surface area contributed by atoms with Crippen molar-refractivity contribution in [1.29, 1.82) is 0 Å². The zero-order valence-electron chi connectivity index (χ0n) is 11.6. The van der Waals surface area contributed by atoms with E-state index in [9.17, 15) is 14.9 Å². The van der Waals surface area contributed by atoms with E-state index in [1.165, 1.54) is 22.9 Å². The number of carbonyl (C=O) groups is 1. The van der Waals surface area contributed by atoms with Crippen LogP contribution in [0.5, 0.6) is 0 Å². The number of aldehydes is 1. The third kappa shape index (κ3) is 3.09. The molecular weight excluding hydrogens is 318 g/mol. The van der Waals surface area contributed by atoms with Crippen LogP contribution in [0, 0.1) is 10.1 Å². The van der Waals surface area contributed by atoms with Crippen LogP contribution in [0.25, 0.3) is 5.69 Å². The molecule has 114 valence electrons.